The van der Waals surface area contributed by atoms with Crippen molar-refractivity contribution in [2.45, 2.75) is 39.3 Å². The second kappa shape index (κ2) is 5.26. The SMILES string of the molecule is CC(C(=O)OC(C)(C)C)N1C(=O)c2ccc(Br)cc2C1=O. The fourth-order valence-corrected chi connectivity index (χ4v) is 2.44. The van der Waals surface area contributed by atoms with Crippen molar-refractivity contribution in [1.29, 1.82) is 0 Å². The van der Waals surface area contributed by atoms with Gasteiger partial charge in [0.05, 0.1) is 11.1 Å². The Bertz CT molecular complexity index is 633. The number of carbonyl (C=O) groups is 3. The molecule has 112 valence electrons. The van der Waals surface area contributed by atoms with Crippen molar-refractivity contribution in [3.05, 3.63) is 33.8 Å². The molecular weight excluding hydrogens is 338 g/mol. The summed E-state index contributed by atoms with van der Waals surface area (Å²) in [4.78, 5) is 37.7. The Morgan fingerprint density at radius 1 is 1.19 bits per heavy atom. The topological polar surface area (TPSA) is 63.7 Å². The summed E-state index contributed by atoms with van der Waals surface area (Å²) < 4.78 is 5.94. The summed E-state index contributed by atoms with van der Waals surface area (Å²) >= 11 is 3.26. The monoisotopic (exact) mass is 353 g/mol. The molecule has 0 spiro atoms. The number of hydrogen-bond acceptors (Lipinski definition) is 4. The molecule has 1 aliphatic rings. The van der Waals surface area contributed by atoms with Crippen LogP contribution in [0.3, 0.4) is 0 Å². The van der Waals surface area contributed by atoms with E-state index in [0.29, 0.717) is 15.6 Å². The summed E-state index contributed by atoms with van der Waals surface area (Å²) in [7, 11) is 0. The molecule has 0 fully saturated rings. The molecule has 21 heavy (non-hydrogen) atoms. The Hall–Kier alpha value is -1.69. The second-order valence-corrected chi connectivity index (χ2v) is 6.80. The van der Waals surface area contributed by atoms with Crippen molar-refractivity contribution in [2.24, 2.45) is 0 Å². The number of esters is 1. The minimum absolute atomic E-state index is 0.296. The smallest absolute Gasteiger partial charge is 0.329 e. The summed E-state index contributed by atoms with van der Waals surface area (Å²) in [6.45, 7) is 6.69. The number of ether oxygens (including phenoxy) is 1. The van der Waals surface area contributed by atoms with Crippen LogP contribution in [0.2, 0.25) is 0 Å². The Kier molecular flexibility index (Phi) is 3.93. The largest absolute Gasteiger partial charge is 0.458 e. The van der Waals surface area contributed by atoms with E-state index in [-0.39, 0.29) is 0 Å². The number of benzene rings is 1. The van der Waals surface area contributed by atoms with E-state index < -0.39 is 29.4 Å². The maximum Gasteiger partial charge on any atom is 0.329 e. The molecular formula is C15H16BrNO4. The highest BCUT2D eigenvalue weighted by atomic mass is 79.9. The minimum Gasteiger partial charge on any atom is -0.458 e. The highest BCUT2D eigenvalue weighted by Gasteiger charge is 2.42. The van der Waals surface area contributed by atoms with Gasteiger partial charge in [0.1, 0.15) is 11.6 Å². The second-order valence-electron chi connectivity index (χ2n) is 5.88. The number of hydrogen-bond donors (Lipinski definition) is 0. The molecule has 1 heterocycles. The van der Waals surface area contributed by atoms with Crippen molar-refractivity contribution in [2.75, 3.05) is 0 Å². The van der Waals surface area contributed by atoms with Crippen LogP contribution in [0.4, 0.5) is 0 Å². The van der Waals surface area contributed by atoms with E-state index in [2.05, 4.69) is 15.9 Å². The van der Waals surface area contributed by atoms with Gasteiger partial charge in [0.2, 0.25) is 0 Å². The number of rotatable bonds is 2. The van der Waals surface area contributed by atoms with E-state index in [1.54, 1.807) is 39.0 Å². The molecule has 1 atom stereocenters. The quantitative estimate of drug-likeness (QED) is 0.605. The zero-order chi connectivity index (χ0) is 15.9. The van der Waals surface area contributed by atoms with E-state index in [1.807, 2.05) is 0 Å². The van der Waals surface area contributed by atoms with E-state index in [4.69, 9.17) is 4.74 Å². The number of imide groups is 1. The zero-order valence-corrected chi connectivity index (χ0v) is 13.9. The van der Waals surface area contributed by atoms with Gasteiger partial charge in [-0.3, -0.25) is 14.5 Å². The van der Waals surface area contributed by atoms with Gasteiger partial charge in [-0.25, -0.2) is 4.79 Å². The molecule has 0 saturated heterocycles. The van der Waals surface area contributed by atoms with Crippen LogP contribution >= 0.6 is 15.9 Å². The van der Waals surface area contributed by atoms with Crippen LogP contribution < -0.4 is 0 Å². The van der Waals surface area contributed by atoms with Crippen molar-refractivity contribution >= 4 is 33.7 Å². The molecule has 1 aliphatic heterocycles. The highest BCUT2D eigenvalue weighted by Crippen LogP contribution is 2.28. The third-order valence-electron chi connectivity index (χ3n) is 3.02. The summed E-state index contributed by atoms with van der Waals surface area (Å²) in [5, 5.41) is 0. The first-order valence-electron chi connectivity index (χ1n) is 6.52. The van der Waals surface area contributed by atoms with Crippen molar-refractivity contribution < 1.29 is 19.1 Å². The molecule has 2 amide bonds. The lowest BCUT2D eigenvalue weighted by Crippen LogP contribution is -2.45. The number of amides is 2. The van der Waals surface area contributed by atoms with Gasteiger partial charge in [0.15, 0.2) is 0 Å². The summed E-state index contributed by atoms with van der Waals surface area (Å²) in [6, 6.07) is 3.88. The average molecular weight is 354 g/mol. The fraction of sp³-hybridized carbons (Fsp3) is 0.400. The fourth-order valence-electron chi connectivity index (χ4n) is 2.08. The zero-order valence-electron chi connectivity index (χ0n) is 12.3. The van der Waals surface area contributed by atoms with Crippen LogP contribution in [0.1, 0.15) is 48.4 Å². The highest BCUT2D eigenvalue weighted by molar-refractivity contribution is 9.10. The van der Waals surface area contributed by atoms with Gasteiger partial charge in [0.25, 0.3) is 11.8 Å². The Labute approximate surface area is 131 Å². The molecule has 0 aliphatic carbocycles. The van der Waals surface area contributed by atoms with E-state index in [1.165, 1.54) is 6.92 Å². The molecule has 0 radical (unpaired) electrons. The van der Waals surface area contributed by atoms with Gasteiger partial charge in [0, 0.05) is 4.47 Å². The maximum atomic E-state index is 12.3. The first-order valence-corrected chi connectivity index (χ1v) is 7.31. The lowest BCUT2D eigenvalue weighted by molar-refractivity contribution is -0.159. The van der Waals surface area contributed by atoms with E-state index in [0.717, 1.165) is 4.90 Å². The van der Waals surface area contributed by atoms with Gasteiger partial charge >= 0.3 is 5.97 Å². The van der Waals surface area contributed by atoms with E-state index >= 15 is 0 Å². The third-order valence-corrected chi connectivity index (χ3v) is 3.51. The summed E-state index contributed by atoms with van der Waals surface area (Å²) in [5.74, 6) is -1.55. The van der Waals surface area contributed by atoms with Gasteiger partial charge in [-0.1, -0.05) is 15.9 Å². The van der Waals surface area contributed by atoms with Gasteiger partial charge in [-0.15, -0.1) is 0 Å². The summed E-state index contributed by atoms with van der Waals surface area (Å²) in [5.41, 5.74) is -0.0732. The Balaban J connectivity index is 2.29. The Morgan fingerprint density at radius 3 is 2.33 bits per heavy atom. The molecule has 6 heteroatoms. The molecule has 1 aromatic rings. The third kappa shape index (κ3) is 3.00. The molecule has 0 bridgehead atoms. The first kappa shape index (κ1) is 15.7. The number of carbonyl (C=O) groups excluding carboxylic acids is 3. The van der Waals surface area contributed by atoms with Gasteiger partial charge in [-0.05, 0) is 45.9 Å². The molecule has 0 aromatic heterocycles. The van der Waals surface area contributed by atoms with Crippen LogP contribution in [0.25, 0.3) is 0 Å². The number of halogens is 1. The van der Waals surface area contributed by atoms with Crippen LogP contribution in [0.15, 0.2) is 22.7 Å². The molecule has 1 aromatic carbocycles. The first-order chi connectivity index (χ1) is 9.61. The van der Waals surface area contributed by atoms with Gasteiger partial charge in [-0.2, -0.15) is 0 Å². The molecule has 5 nitrogen and oxygen atoms in total. The predicted octanol–water partition coefficient (Wildman–Crippen LogP) is 2.78. The molecule has 1 unspecified atom stereocenters. The lowest BCUT2D eigenvalue weighted by atomic mass is 10.1. The Morgan fingerprint density at radius 2 is 1.76 bits per heavy atom. The van der Waals surface area contributed by atoms with E-state index in [9.17, 15) is 14.4 Å². The summed E-state index contributed by atoms with van der Waals surface area (Å²) in [6.07, 6.45) is 0. The minimum atomic E-state index is -0.963. The van der Waals surface area contributed by atoms with Crippen molar-refractivity contribution in [3.63, 3.8) is 0 Å². The van der Waals surface area contributed by atoms with Crippen LogP contribution in [0, 0.1) is 0 Å². The normalized spacial score (nSPS) is 16.0. The molecule has 2 rings (SSSR count). The maximum absolute atomic E-state index is 12.3. The van der Waals surface area contributed by atoms with Crippen LogP contribution in [-0.4, -0.2) is 34.3 Å². The lowest BCUT2D eigenvalue weighted by Gasteiger charge is -2.26. The van der Waals surface area contributed by atoms with Crippen LogP contribution in [0.5, 0.6) is 0 Å². The standard InChI is InChI=1S/C15H16BrNO4/c1-8(14(20)21-15(2,3)4)17-12(18)10-6-5-9(16)7-11(10)13(17)19/h5-8H,1-4H3. The average Bonchev–Trinajstić information content (AvgIpc) is 2.58. The molecule has 0 saturated carbocycles. The number of nitrogens with zero attached hydrogens (tertiary/aromatic N) is 1. The van der Waals surface area contributed by atoms with Crippen LogP contribution in [-0.2, 0) is 9.53 Å². The number of fused-ring (bicyclic) bond motifs is 1. The molecule has 0 N–H and O–H groups in total. The van der Waals surface area contributed by atoms with Crippen molar-refractivity contribution in [1.82, 2.24) is 4.90 Å². The van der Waals surface area contributed by atoms with Gasteiger partial charge < -0.3 is 4.74 Å². The van der Waals surface area contributed by atoms with Crippen molar-refractivity contribution in [3.8, 4) is 0 Å². The predicted molar refractivity (Wildman–Crippen MR) is 79.9 cm³/mol.